The van der Waals surface area contributed by atoms with Gasteiger partial charge in [0.15, 0.2) is 0 Å². The van der Waals surface area contributed by atoms with E-state index in [1.165, 1.54) is 6.07 Å². The highest BCUT2D eigenvalue weighted by atomic mass is 32.2. The molecule has 2 N–H and O–H groups in total. The van der Waals surface area contributed by atoms with Crippen LogP contribution >= 0.6 is 0 Å². The van der Waals surface area contributed by atoms with E-state index in [0.29, 0.717) is 11.3 Å². The summed E-state index contributed by atoms with van der Waals surface area (Å²) >= 11 is 0. The molecule has 1 amide bonds. The zero-order chi connectivity index (χ0) is 24.3. The van der Waals surface area contributed by atoms with Crippen LogP contribution in [0, 0.1) is 20.8 Å². The van der Waals surface area contributed by atoms with Gasteiger partial charge < -0.3 is 9.88 Å². The predicted molar refractivity (Wildman–Crippen MR) is 133 cm³/mol. The standard InChI is InChI=1S/C26H26N4O3S/c1-18-8-4-6-10-23(18)29-34(32,33)25-16-21(13-12-19(25)2)26(31)28-17-22-9-5-7-11-24(22)30-15-14-27-20(30)3/h4-16,29H,17H2,1-3H3,(H,28,31). The molecule has 0 unspecified atom stereocenters. The second-order valence-electron chi connectivity index (χ2n) is 8.06. The molecule has 0 saturated carbocycles. The number of carbonyl (C=O) groups is 1. The van der Waals surface area contributed by atoms with Gasteiger partial charge in [-0.2, -0.15) is 0 Å². The quantitative estimate of drug-likeness (QED) is 0.412. The number of benzene rings is 3. The molecule has 8 heteroatoms. The molecule has 4 aromatic rings. The van der Waals surface area contributed by atoms with Gasteiger partial charge in [-0.15, -0.1) is 0 Å². The van der Waals surface area contributed by atoms with Crippen LogP contribution in [0.15, 0.2) is 84.0 Å². The summed E-state index contributed by atoms with van der Waals surface area (Å²) in [5.74, 6) is 0.484. The van der Waals surface area contributed by atoms with Gasteiger partial charge in [-0.3, -0.25) is 9.52 Å². The Morgan fingerprint density at radius 3 is 2.41 bits per heavy atom. The van der Waals surface area contributed by atoms with Gasteiger partial charge in [0.25, 0.3) is 15.9 Å². The molecule has 7 nitrogen and oxygen atoms in total. The molecule has 0 aliphatic rings. The number of rotatable bonds is 7. The molecular formula is C26H26N4O3S. The summed E-state index contributed by atoms with van der Waals surface area (Å²) < 4.78 is 30.8. The summed E-state index contributed by atoms with van der Waals surface area (Å²) in [5.41, 5.74) is 3.98. The van der Waals surface area contributed by atoms with Gasteiger partial charge in [-0.05, 0) is 61.7 Å². The molecule has 0 aliphatic heterocycles. The summed E-state index contributed by atoms with van der Waals surface area (Å²) in [6, 6.07) is 19.6. The number of aromatic nitrogens is 2. The Kier molecular flexibility index (Phi) is 6.51. The number of hydrogen-bond donors (Lipinski definition) is 2. The zero-order valence-corrected chi connectivity index (χ0v) is 20.1. The fraction of sp³-hybridized carbons (Fsp3) is 0.154. The Morgan fingerprint density at radius 1 is 0.941 bits per heavy atom. The normalized spacial score (nSPS) is 11.3. The summed E-state index contributed by atoms with van der Waals surface area (Å²) in [5, 5.41) is 2.91. The maximum absolute atomic E-state index is 13.1. The average Bonchev–Trinajstić information content (AvgIpc) is 3.25. The number of aryl methyl sites for hydroxylation is 3. The lowest BCUT2D eigenvalue weighted by Crippen LogP contribution is -2.24. The lowest BCUT2D eigenvalue weighted by Gasteiger charge is -2.14. The van der Waals surface area contributed by atoms with Crippen LogP contribution in [-0.2, 0) is 16.6 Å². The Morgan fingerprint density at radius 2 is 1.68 bits per heavy atom. The van der Waals surface area contributed by atoms with Crippen LogP contribution in [0.5, 0.6) is 0 Å². The maximum Gasteiger partial charge on any atom is 0.262 e. The minimum atomic E-state index is -3.87. The van der Waals surface area contributed by atoms with E-state index in [4.69, 9.17) is 0 Å². The SMILES string of the molecule is Cc1ccccc1NS(=O)(=O)c1cc(C(=O)NCc2ccccc2-n2ccnc2C)ccc1C. The summed E-state index contributed by atoms with van der Waals surface area (Å²) in [6.45, 7) is 5.73. The number of amides is 1. The number of nitrogens with zero attached hydrogens (tertiary/aromatic N) is 2. The largest absolute Gasteiger partial charge is 0.348 e. The molecule has 0 radical (unpaired) electrons. The van der Waals surface area contributed by atoms with Crippen molar-refractivity contribution in [2.24, 2.45) is 0 Å². The van der Waals surface area contributed by atoms with Crippen molar-refractivity contribution >= 4 is 21.6 Å². The Hall–Kier alpha value is -3.91. The second kappa shape index (κ2) is 9.52. The molecule has 4 rings (SSSR count). The highest BCUT2D eigenvalue weighted by molar-refractivity contribution is 7.92. The van der Waals surface area contributed by atoms with Crippen LogP contribution in [0.3, 0.4) is 0 Å². The van der Waals surface area contributed by atoms with E-state index in [9.17, 15) is 13.2 Å². The van der Waals surface area contributed by atoms with Crippen molar-refractivity contribution in [2.75, 3.05) is 4.72 Å². The van der Waals surface area contributed by atoms with E-state index in [-0.39, 0.29) is 22.9 Å². The molecule has 174 valence electrons. The first kappa shape index (κ1) is 23.3. The molecule has 1 aromatic heterocycles. The monoisotopic (exact) mass is 474 g/mol. The van der Waals surface area contributed by atoms with Crippen LogP contribution in [0.4, 0.5) is 5.69 Å². The molecule has 1 heterocycles. The first-order valence-electron chi connectivity index (χ1n) is 10.8. The number of carbonyl (C=O) groups excluding carboxylic acids is 1. The minimum absolute atomic E-state index is 0.0674. The molecule has 34 heavy (non-hydrogen) atoms. The van der Waals surface area contributed by atoms with Gasteiger partial charge in [0.05, 0.1) is 16.3 Å². The lowest BCUT2D eigenvalue weighted by molar-refractivity contribution is 0.0950. The Balaban J connectivity index is 1.55. The van der Waals surface area contributed by atoms with Crippen molar-refractivity contribution in [3.8, 4) is 5.69 Å². The Labute approximate surface area is 199 Å². The van der Waals surface area contributed by atoms with E-state index in [1.54, 1.807) is 37.4 Å². The van der Waals surface area contributed by atoms with Crippen LogP contribution in [-0.4, -0.2) is 23.9 Å². The van der Waals surface area contributed by atoms with Crippen LogP contribution < -0.4 is 10.0 Å². The van der Waals surface area contributed by atoms with Crippen LogP contribution in [0.2, 0.25) is 0 Å². The summed E-state index contributed by atoms with van der Waals surface area (Å²) in [7, 11) is -3.87. The zero-order valence-electron chi connectivity index (χ0n) is 19.2. The van der Waals surface area contributed by atoms with Gasteiger partial charge in [0.1, 0.15) is 5.82 Å². The van der Waals surface area contributed by atoms with E-state index in [0.717, 1.165) is 22.6 Å². The third-order valence-corrected chi connectivity index (χ3v) is 7.15. The third kappa shape index (κ3) is 4.87. The lowest BCUT2D eigenvalue weighted by atomic mass is 10.1. The highest BCUT2D eigenvalue weighted by Crippen LogP contribution is 2.23. The van der Waals surface area contributed by atoms with Crippen LogP contribution in [0.1, 0.15) is 32.9 Å². The maximum atomic E-state index is 13.1. The minimum Gasteiger partial charge on any atom is -0.348 e. The average molecular weight is 475 g/mol. The Bertz CT molecular complexity index is 1460. The number of imidazole rings is 1. The first-order chi connectivity index (χ1) is 16.3. The van der Waals surface area contributed by atoms with Gasteiger partial charge in [0, 0.05) is 24.5 Å². The molecule has 3 aromatic carbocycles. The van der Waals surface area contributed by atoms with Crippen molar-refractivity contribution in [1.29, 1.82) is 0 Å². The van der Waals surface area contributed by atoms with Crippen molar-refractivity contribution in [2.45, 2.75) is 32.2 Å². The van der Waals surface area contributed by atoms with Gasteiger partial charge in [-0.25, -0.2) is 13.4 Å². The van der Waals surface area contributed by atoms with E-state index < -0.39 is 10.0 Å². The highest BCUT2D eigenvalue weighted by Gasteiger charge is 2.20. The van der Waals surface area contributed by atoms with Crippen molar-refractivity contribution in [3.05, 3.63) is 107 Å². The molecule has 0 aliphatic carbocycles. The van der Waals surface area contributed by atoms with Gasteiger partial charge in [-0.1, -0.05) is 42.5 Å². The van der Waals surface area contributed by atoms with E-state index in [2.05, 4.69) is 15.0 Å². The number of nitrogens with one attached hydrogen (secondary N) is 2. The molecular weight excluding hydrogens is 448 g/mol. The second-order valence-corrected chi connectivity index (χ2v) is 9.71. The number of anilines is 1. The van der Waals surface area contributed by atoms with Crippen LogP contribution in [0.25, 0.3) is 5.69 Å². The molecule has 0 atom stereocenters. The third-order valence-electron chi connectivity index (χ3n) is 5.65. The van der Waals surface area contributed by atoms with E-state index >= 15 is 0 Å². The predicted octanol–water partition coefficient (Wildman–Crippen LogP) is 4.53. The summed E-state index contributed by atoms with van der Waals surface area (Å²) in [4.78, 5) is 17.3. The van der Waals surface area contributed by atoms with Crippen molar-refractivity contribution < 1.29 is 13.2 Å². The van der Waals surface area contributed by atoms with Crippen molar-refractivity contribution in [3.63, 3.8) is 0 Å². The first-order valence-corrected chi connectivity index (χ1v) is 12.3. The summed E-state index contributed by atoms with van der Waals surface area (Å²) in [6.07, 6.45) is 3.60. The molecule has 0 spiro atoms. The number of hydrogen-bond acceptors (Lipinski definition) is 4. The number of sulfonamides is 1. The van der Waals surface area contributed by atoms with Crippen molar-refractivity contribution in [1.82, 2.24) is 14.9 Å². The van der Waals surface area contributed by atoms with E-state index in [1.807, 2.05) is 61.0 Å². The fourth-order valence-corrected chi connectivity index (χ4v) is 5.13. The van der Waals surface area contributed by atoms with Gasteiger partial charge in [0.2, 0.25) is 0 Å². The smallest absolute Gasteiger partial charge is 0.262 e. The number of para-hydroxylation sites is 2. The molecule has 0 saturated heterocycles. The topological polar surface area (TPSA) is 93.1 Å². The molecule has 0 fully saturated rings. The van der Waals surface area contributed by atoms with Gasteiger partial charge >= 0.3 is 0 Å². The molecule has 0 bridgehead atoms. The fourth-order valence-electron chi connectivity index (χ4n) is 3.72.